The van der Waals surface area contributed by atoms with Crippen molar-refractivity contribution in [3.05, 3.63) is 28.6 Å². The minimum atomic E-state index is -3.20. The first-order valence-corrected chi connectivity index (χ1v) is 7.70. The van der Waals surface area contributed by atoms with Crippen molar-refractivity contribution >= 4 is 36.9 Å². The first-order chi connectivity index (χ1) is 8.47. The third kappa shape index (κ3) is 3.10. The van der Waals surface area contributed by atoms with Gasteiger partial charge < -0.3 is 4.98 Å². The first-order valence-electron chi connectivity index (χ1n) is 5.01. The van der Waals surface area contributed by atoms with Gasteiger partial charge in [-0.05, 0) is 15.9 Å². The Hall–Kier alpha value is -1.36. The van der Waals surface area contributed by atoms with Gasteiger partial charge in [-0.2, -0.15) is 0 Å². The molecule has 7 heteroatoms. The molecule has 2 rings (SSSR count). The van der Waals surface area contributed by atoms with Crippen molar-refractivity contribution in [1.29, 1.82) is 0 Å². The maximum atomic E-state index is 10.9. The lowest BCUT2D eigenvalue weighted by Gasteiger charge is -1.94. The third-order valence-electron chi connectivity index (χ3n) is 2.19. The molecule has 94 valence electrons. The molecule has 0 spiro atoms. The molecule has 2 heterocycles. The number of nitrogens with zero attached hydrogens (tertiary/aromatic N) is 1. The van der Waals surface area contributed by atoms with Crippen LogP contribution in [0.4, 0.5) is 0 Å². The lowest BCUT2D eigenvalue weighted by Crippen LogP contribution is -2.21. The van der Waals surface area contributed by atoms with E-state index in [1.165, 1.54) is 0 Å². The summed E-state index contributed by atoms with van der Waals surface area (Å²) in [6.45, 7) is 0.0915. The Bertz CT molecular complexity index is 740. The number of rotatable bonds is 2. The molecule has 0 fully saturated rings. The summed E-state index contributed by atoms with van der Waals surface area (Å²) in [5, 5.41) is 0.942. The van der Waals surface area contributed by atoms with Gasteiger partial charge in [0.25, 0.3) is 0 Å². The number of fused-ring (bicyclic) bond motifs is 1. The normalized spacial score (nSPS) is 11.2. The number of H-pyrrole nitrogens is 1. The molecule has 5 nitrogen and oxygen atoms in total. The Morgan fingerprint density at radius 3 is 3.00 bits per heavy atom. The molecule has 0 bridgehead atoms. The van der Waals surface area contributed by atoms with E-state index in [1.807, 2.05) is 0 Å². The van der Waals surface area contributed by atoms with Crippen molar-refractivity contribution in [2.45, 2.75) is 0 Å². The average Bonchev–Trinajstić information content (AvgIpc) is 2.68. The zero-order valence-electron chi connectivity index (χ0n) is 9.49. The Morgan fingerprint density at radius 1 is 1.50 bits per heavy atom. The number of aromatic amines is 1. The maximum absolute atomic E-state index is 10.9. The van der Waals surface area contributed by atoms with Crippen LogP contribution in [-0.4, -0.2) is 31.2 Å². The second-order valence-electron chi connectivity index (χ2n) is 3.64. The van der Waals surface area contributed by atoms with E-state index in [0.29, 0.717) is 0 Å². The maximum Gasteiger partial charge on any atom is 0.209 e. The Kier molecular flexibility index (Phi) is 3.71. The van der Waals surface area contributed by atoms with Gasteiger partial charge in [0.1, 0.15) is 0 Å². The summed E-state index contributed by atoms with van der Waals surface area (Å²) in [7, 11) is -3.20. The highest BCUT2D eigenvalue weighted by Gasteiger charge is 2.05. The Labute approximate surface area is 113 Å². The van der Waals surface area contributed by atoms with Gasteiger partial charge in [0.2, 0.25) is 10.0 Å². The van der Waals surface area contributed by atoms with Crippen LogP contribution in [-0.2, 0) is 10.0 Å². The number of sulfonamides is 1. The molecule has 2 aromatic heterocycles. The van der Waals surface area contributed by atoms with Crippen molar-refractivity contribution in [2.75, 3.05) is 12.8 Å². The lowest BCUT2D eigenvalue weighted by atomic mass is 10.2. The van der Waals surface area contributed by atoms with Crippen molar-refractivity contribution < 1.29 is 8.42 Å². The van der Waals surface area contributed by atoms with E-state index in [4.69, 9.17) is 0 Å². The third-order valence-corrected chi connectivity index (χ3v) is 3.46. The van der Waals surface area contributed by atoms with Crippen LogP contribution in [0.25, 0.3) is 10.9 Å². The molecular weight excluding hydrogens is 318 g/mol. The molecule has 0 amide bonds. The van der Waals surface area contributed by atoms with Gasteiger partial charge in [-0.15, -0.1) is 0 Å². The zero-order valence-corrected chi connectivity index (χ0v) is 11.9. The van der Waals surface area contributed by atoms with E-state index in [9.17, 15) is 8.42 Å². The quantitative estimate of drug-likeness (QED) is 0.814. The van der Waals surface area contributed by atoms with Crippen LogP contribution in [0, 0.1) is 11.8 Å². The highest BCUT2D eigenvalue weighted by atomic mass is 79.9. The monoisotopic (exact) mass is 327 g/mol. The van der Waals surface area contributed by atoms with Crippen molar-refractivity contribution in [1.82, 2.24) is 14.7 Å². The van der Waals surface area contributed by atoms with Crippen LogP contribution in [0.1, 0.15) is 5.56 Å². The SMILES string of the molecule is CS(=O)(=O)NCC#Cc1c[nH]c2cncc(Br)c12. The average molecular weight is 328 g/mol. The summed E-state index contributed by atoms with van der Waals surface area (Å²) in [4.78, 5) is 7.09. The number of nitrogens with one attached hydrogen (secondary N) is 2. The van der Waals surface area contributed by atoms with Gasteiger partial charge in [0.15, 0.2) is 0 Å². The van der Waals surface area contributed by atoms with E-state index in [1.54, 1.807) is 18.6 Å². The summed E-state index contributed by atoms with van der Waals surface area (Å²) in [6.07, 6.45) is 6.27. The standard InChI is InChI=1S/C11H10BrN3O2S/c1-18(16,17)15-4-2-3-8-5-14-10-7-13-6-9(12)11(8)10/h5-7,14-15H,4H2,1H3. The molecule has 18 heavy (non-hydrogen) atoms. The fourth-order valence-corrected chi connectivity index (χ4v) is 2.33. The van der Waals surface area contributed by atoms with Gasteiger partial charge in [-0.25, -0.2) is 13.1 Å². The molecule has 0 unspecified atom stereocenters. The van der Waals surface area contributed by atoms with Gasteiger partial charge in [-0.3, -0.25) is 4.98 Å². The van der Waals surface area contributed by atoms with Crippen LogP contribution in [0.5, 0.6) is 0 Å². The predicted molar refractivity (Wildman–Crippen MR) is 73.5 cm³/mol. The number of aromatic nitrogens is 2. The van der Waals surface area contributed by atoms with Crippen molar-refractivity contribution in [3.8, 4) is 11.8 Å². The van der Waals surface area contributed by atoms with E-state index in [2.05, 4.69) is 42.5 Å². The second kappa shape index (κ2) is 5.10. The number of pyridine rings is 1. The van der Waals surface area contributed by atoms with E-state index in [-0.39, 0.29) is 6.54 Å². The van der Waals surface area contributed by atoms with Crippen LogP contribution < -0.4 is 4.72 Å². The minimum Gasteiger partial charge on any atom is -0.359 e. The molecule has 0 radical (unpaired) electrons. The molecule has 0 saturated carbocycles. The van der Waals surface area contributed by atoms with Gasteiger partial charge in [-0.1, -0.05) is 11.8 Å². The summed E-state index contributed by atoms with van der Waals surface area (Å²) < 4.78 is 24.9. The number of hydrogen-bond donors (Lipinski definition) is 2. The van der Waals surface area contributed by atoms with E-state index < -0.39 is 10.0 Å². The van der Waals surface area contributed by atoms with Crippen LogP contribution in [0.2, 0.25) is 0 Å². The zero-order chi connectivity index (χ0) is 13.2. The fourth-order valence-electron chi connectivity index (χ4n) is 1.45. The molecule has 0 aliphatic heterocycles. The highest BCUT2D eigenvalue weighted by Crippen LogP contribution is 2.24. The Morgan fingerprint density at radius 2 is 2.28 bits per heavy atom. The Balaban J connectivity index is 2.25. The fraction of sp³-hybridized carbons (Fsp3) is 0.182. The molecule has 0 aliphatic rings. The summed E-state index contributed by atoms with van der Waals surface area (Å²) in [5.74, 6) is 5.68. The number of halogens is 1. The first kappa shape index (κ1) is 13.1. The number of hydrogen-bond acceptors (Lipinski definition) is 3. The molecule has 0 aromatic carbocycles. The summed E-state index contributed by atoms with van der Waals surface area (Å²) in [6, 6.07) is 0. The van der Waals surface area contributed by atoms with Gasteiger partial charge in [0, 0.05) is 22.3 Å². The summed E-state index contributed by atoms with van der Waals surface area (Å²) in [5.41, 5.74) is 1.68. The lowest BCUT2D eigenvalue weighted by molar-refractivity contribution is 0.592. The van der Waals surface area contributed by atoms with Gasteiger partial charge in [0.05, 0.1) is 30.1 Å². The molecule has 0 atom stereocenters. The van der Waals surface area contributed by atoms with Crippen molar-refractivity contribution in [2.24, 2.45) is 0 Å². The van der Waals surface area contributed by atoms with Crippen LogP contribution in [0.3, 0.4) is 0 Å². The molecule has 0 saturated heterocycles. The topological polar surface area (TPSA) is 74.8 Å². The minimum absolute atomic E-state index is 0.0915. The molecule has 2 N–H and O–H groups in total. The highest BCUT2D eigenvalue weighted by molar-refractivity contribution is 9.10. The molecular formula is C11H10BrN3O2S. The summed E-state index contributed by atoms with van der Waals surface area (Å²) >= 11 is 3.41. The smallest absolute Gasteiger partial charge is 0.209 e. The van der Waals surface area contributed by atoms with Gasteiger partial charge >= 0.3 is 0 Å². The largest absolute Gasteiger partial charge is 0.359 e. The van der Waals surface area contributed by atoms with Crippen LogP contribution in [0.15, 0.2) is 23.1 Å². The van der Waals surface area contributed by atoms with E-state index in [0.717, 1.165) is 27.2 Å². The molecule has 0 aliphatic carbocycles. The van der Waals surface area contributed by atoms with E-state index >= 15 is 0 Å². The second-order valence-corrected chi connectivity index (χ2v) is 6.33. The van der Waals surface area contributed by atoms with Crippen LogP contribution >= 0.6 is 15.9 Å². The van der Waals surface area contributed by atoms with Crippen molar-refractivity contribution in [3.63, 3.8) is 0 Å². The predicted octanol–water partition coefficient (Wildman–Crippen LogP) is 1.23. The molecule has 2 aromatic rings.